The molecule has 0 saturated carbocycles. The fraction of sp³-hybridized carbons (Fsp3) is 0.238. The van der Waals surface area contributed by atoms with Crippen molar-refractivity contribution in [2.75, 3.05) is 13.7 Å². The maximum absolute atomic E-state index is 12.7. The van der Waals surface area contributed by atoms with Crippen molar-refractivity contribution in [2.45, 2.75) is 19.4 Å². The lowest BCUT2D eigenvalue weighted by molar-refractivity contribution is 0.0819. The number of aromatic nitrogens is 3. The zero-order chi connectivity index (χ0) is 21.0. The summed E-state index contributed by atoms with van der Waals surface area (Å²) in [6.07, 6.45) is 3.00. The van der Waals surface area contributed by atoms with Crippen molar-refractivity contribution in [3.8, 4) is 23.0 Å². The van der Waals surface area contributed by atoms with Crippen LogP contribution >= 0.6 is 0 Å². The van der Waals surface area contributed by atoms with E-state index >= 15 is 0 Å². The molecule has 0 spiro atoms. The first-order valence-electron chi connectivity index (χ1n) is 8.93. The van der Waals surface area contributed by atoms with Gasteiger partial charge in [0, 0.05) is 19.5 Å². The highest BCUT2D eigenvalue weighted by Crippen LogP contribution is 2.16. The van der Waals surface area contributed by atoms with Crippen molar-refractivity contribution in [2.24, 2.45) is 0 Å². The van der Waals surface area contributed by atoms with Crippen LogP contribution in [-0.4, -0.2) is 39.9 Å². The predicted molar refractivity (Wildman–Crippen MR) is 108 cm³/mol. The Hall–Kier alpha value is -3.70. The second-order valence-electron chi connectivity index (χ2n) is 7.19. The Morgan fingerprint density at radius 3 is 2.59 bits per heavy atom. The number of rotatable bonds is 6. The summed E-state index contributed by atoms with van der Waals surface area (Å²) in [6.45, 7) is 4.10. The number of carbonyl (C=O) groups excluding carboxylic acids is 1. The van der Waals surface area contributed by atoms with Gasteiger partial charge in [-0.1, -0.05) is 12.1 Å². The van der Waals surface area contributed by atoms with E-state index in [4.69, 9.17) is 10.00 Å². The molecule has 8 heteroatoms. The number of ether oxygens (including phenoxy) is 1. The molecule has 0 saturated heterocycles. The molecule has 2 aromatic heterocycles. The van der Waals surface area contributed by atoms with Crippen LogP contribution < -0.4 is 10.9 Å². The Balaban J connectivity index is 1.82. The Bertz CT molecular complexity index is 1100. The fourth-order valence-electron chi connectivity index (χ4n) is 2.90. The molecule has 0 atom stereocenters. The molecule has 0 unspecified atom stereocenters. The summed E-state index contributed by atoms with van der Waals surface area (Å²) in [7, 11) is 1.57. The molecule has 3 rings (SSSR count). The number of amides is 1. The molecule has 0 fully saturated rings. The zero-order valence-electron chi connectivity index (χ0n) is 16.4. The Kier molecular flexibility index (Phi) is 5.61. The standard InChI is InChI=1S/C21H21N5O3/c1-21(2,13-29-3)25-19(27)16-8-9-18(23-11-16)26-20(28)17(12-24-26)15-6-4-14(10-22)5-7-15/h4-9,11-12,24H,13H2,1-3H3,(H,25,27). The maximum Gasteiger partial charge on any atom is 0.280 e. The van der Waals surface area contributed by atoms with Crippen LogP contribution in [0.3, 0.4) is 0 Å². The third-order valence-electron chi connectivity index (χ3n) is 4.29. The Morgan fingerprint density at radius 2 is 2.00 bits per heavy atom. The highest BCUT2D eigenvalue weighted by atomic mass is 16.5. The molecule has 0 radical (unpaired) electrons. The van der Waals surface area contributed by atoms with Crippen LogP contribution in [0.1, 0.15) is 29.8 Å². The lowest BCUT2D eigenvalue weighted by Gasteiger charge is -2.25. The molecule has 29 heavy (non-hydrogen) atoms. The minimum Gasteiger partial charge on any atom is -0.382 e. The molecule has 1 aromatic carbocycles. The van der Waals surface area contributed by atoms with E-state index in [0.717, 1.165) is 0 Å². The van der Waals surface area contributed by atoms with Gasteiger partial charge in [0.1, 0.15) is 0 Å². The first-order valence-corrected chi connectivity index (χ1v) is 8.93. The van der Waals surface area contributed by atoms with E-state index in [9.17, 15) is 9.59 Å². The van der Waals surface area contributed by atoms with Crippen LogP contribution in [0.4, 0.5) is 0 Å². The minimum absolute atomic E-state index is 0.275. The highest BCUT2D eigenvalue weighted by Gasteiger charge is 2.21. The average Bonchev–Trinajstić information content (AvgIpc) is 3.09. The molecule has 8 nitrogen and oxygen atoms in total. The van der Waals surface area contributed by atoms with E-state index in [2.05, 4.69) is 15.4 Å². The van der Waals surface area contributed by atoms with Gasteiger partial charge in [-0.3, -0.25) is 14.7 Å². The lowest BCUT2D eigenvalue weighted by atomic mass is 10.1. The number of benzene rings is 1. The average molecular weight is 391 g/mol. The number of carbonyl (C=O) groups is 1. The van der Waals surface area contributed by atoms with Crippen LogP contribution in [0, 0.1) is 11.3 Å². The van der Waals surface area contributed by atoms with E-state index in [1.807, 2.05) is 19.9 Å². The van der Waals surface area contributed by atoms with Crippen molar-refractivity contribution >= 4 is 5.91 Å². The Morgan fingerprint density at radius 1 is 1.28 bits per heavy atom. The normalized spacial score (nSPS) is 11.1. The molecule has 0 aliphatic carbocycles. The van der Waals surface area contributed by atoms with Gasteiger partial charge in [-0.05, 0) is 43.7 Å². The minimum atomic E-state index is -0.517. The first-order chi connectivity index (χ1) is 13.8. The van der Waals surface area contributed by atoms with Gasteiger partial charge in [-0.15, -0.1) is 0 Å². The van der Waals surface area contributed by atoms with Crippen molar-refractivity contribution in [3.63, 3.8) is 0 Å². The molecule has 0 aliphatic heterocycles. The summed E-state index contributed by atoms with van der Waals surface area (Å²) in [5.41, 5.74) is 1.26. The summed E-state index contributed by atoms with van der Waals surface area (Å²) < 4.78 is 6.39. The molecule has 148 valence electrons. The molecule has 3 aromatic rings. The van der Waals surface area contributed by atoms with Gasteiger partial charge < -0.3 is 10.1 Å². The number of hydrogen-bond acceptors (Lipinski definition) is 5. The van der Waals surface area contributed by atoms with Crippen LogP contribution in [0.5, 0.6) is 0 Å². The van der Waals surface area contributed by atoms with E-state index < -0.39 is 5.54 Å². The van der Waals surface area contributed by atoms with Gasteiger partial charge in [-0.25, -0.2) is 9.67 Å². The number of pyridine rings is 1. The van der Waals surface area contributed by atoms with Gasteiger partial charge in [0.15, 0.2) is 5.82 Å². The summed E-state index contributed by atoms with van der Waals surface area (Å²) in [6, 6.07) is 12.0. The highest BCUT2D eigenvalue weighted by molar-refractivity contribution is 5.94. The molecule has 1 amide bonds. The lowest BCUT2D eigenvalue weighted by Crippen LogP contribution is -2.46. The number of hydrogen-bond donors (Lipinski definition) is 2. The molecule has 0 bridgehead atoms. The summed E-state index contributed by atoms with van der Waals surface area (Å²) in [5, 5.41) is 14.6. The van der Waals surface area contributed by atoms with Crippen LogP contribution in [0.25, 0.3) is 16.9 Å². The topological polar surface area (TPSA) is 113 Å². The second-order valence-corrected chi connectivity index (χ2v) is 7.19. The fourth-order valence-corrected chi connectivity index (χ4v) is 2.90. The molecule has 2 heterocycles. The summed E-state index contributed by atoms with van der Waals surface area (Å²) >= 11 is 0. The second kappa shape index (κ2) is 8.12. The van der Waals surface area contributed by atoms with Crippen molar-refractivity contribution < 1.29 is 9.53 Å². The van der Waals surface area contributed by atoms with Gasteiger partial charge >= 0.3 is 0 Å². The predicted octanol–water partition coefficient (Wildman–Crippen LogP) is 2.25. The third kappa shape index (κ3) is 4.42. The van der Waals surface area contributed by atoms with Gasteiger partial charge in [0.05, 0.1) is 34.9 Å². The SMILES string of the molecule is COCC(C)(C)NC(=O)c1ccc(-n2[nH]cc(-c3ccc(C#N)cc3)c2=O)nc1. The van der Waals surface area contributed by atoms with E-state index in [-0.39, 0.29) is 11.5 Å². The van der Waals surface area contributed by atoms with Gasteiger partial charge in [-0.2, -0.15) is 5.26 Å². The van der Waals surface area contributed by atoms with Crippen LogP contribution in [-0.2, 0) is 4.74 Å². The van der Waals surface area contributed by atoms with Crippen molar-refractivity contribution in [1.82, 2.24) is 20.1 Å². The molecule has 2 N–H and O–H groups in total. The Labute approximate surface area is 167 Å². The molecular formula is C21H21N5O3. The molecular weight excluding hydrogens is 370 g/mol. The number of nitriles is 1. The number of nitrogens with one attached hydrogen (secondary N) is 2. The van der Waals surface area contributed by atoms with Crippen LogP contribution in [0.2, 0.25) is 0 Å². The monoisotopic (exact) mass is 391 g/mol. The maximum atomic E-state index is 12.7. The van der Waals surface area contributed by atoms with E-state index in [1.165, 1.54) is 10.9 Å². The van der Waals surface area contributed by atoms with Gasteiger partial charge in [0.2, 0.25) is 0 Å². The van der Waals surface area contributed by atoms with Crippen molar-refractivity contribution in [3.05, 3.63) is 70.3 Å². The number of methoxy groups -OCH3 is 1. The number of H-pyrrole nitrogens is 1. The zero-order valence-corrected chi connectivity index (χ0v) is 16.4. The van der Waals surface area contributed by atoms with Crippen molar-refractivity contribution in [1.29, 1.82) is 5.26 Å². The summed E-state index contributed by atoms with van der Waals surface area (Å²) in [5.74, 6) is 0.0887. The van der Waals surface area contributed by atoms with Gasteiger partial charge in [0.25, 0.3) is 11.5 Å². The summed E-state index contributed by atoms with van der Waals surface area (Å²) in [4.78, 5) is 29.4. The quantitative estimate of drug-likeness (QED) is 0.669. The smallest absolute Gasteiger partial charge is 0.280 e. The number of aromatic amines is 1. The third-order valence-corrected chi connectivity index (χ3v) is 4.29. The number of nitrogens with zero attached hydrogens (tertiary/aromatic N) is 3. The van der Waals surface area contributed by atoms with Crippen LogP contribution in [0.15, 0.2) is 53.6 Å². The van der Waals surface area contributed by atoms with E-state index in [0.29, 0.717) is 34.7 Å². The van der Waals surface area contributed by atoms with E-state index in [1.54, 1.807) is 49.7 Å². The largest absolute Gasteiger partial charge is 0.382 e. The molecule has 0 aliphatic rings. The first kappa shape index (κ1) is 20.0.